The maximum absolute atomic E-state index is 12.1. The van der Waals surface area contributed by atoms with Gasteiger partial charge in [-0.2, -0.15) is 0 Å². The number of nitrogens with one attached hydrogen (secondary N) is 1. The average molecular weight is 367 g/mol. The van der Waals surface area contributed by atoms with E-state index in [1.807, 2.05) is 24.6 Å². The fourth-order valence-electron chi connectivity index (χ4n) is 2.22. The maximum Gasteiger partial charge on any atom is 0.317 e. The quantitative estimate of drug-likeness (QED) is 0.761. The minimum absolute atomic E-state index is 0.0640. The van der Waals surface area contributed by atoms with E-state index in [1.54, 1.807) is 29.5 Å². The van der Waals surface area contributed by atoms with Crippen molar-refractivity contribution in [2.45, 2.75) is 40.3 Å². The molecule has 2 N–H and O–H groups in total. The van der Waals surface area contributed by atoms with Gasteiger partial charge in [-0.25, -0.2) is 14.8 Å². The van der Waals surface area contributed by atoms with Gasteiger partial charge in [0.15, 0.2) is 0 Å². The van der Waals surface area contributed by atoms with Crippen LogP contribution in [-0.4, -0.2) is 50.6 Å². The SMILES string of the molecule is CCc1nc(C)sc1CNC(=O)N(C)CCn1ccnc1C.O=CO. The molecular weight excluding hydrogens is 342 g/mol. The Bertz CT molecular complexity index is 683. The number of rotatable bonds is 6. The van der Waals surface area contributed by atoms with Gasteiger partial charge in [0.1, 0.15) is 5.82 Å². The zero-order valence-electron chi connectivity index (χ0n) is 15.0. The van der Waals surface area contributed by atoms with E-state index in [2.05, 4.69) is 22.2 Å². The largest absolute Gasteiger partial charge is 0.483 e. The number of carboxylic acid groups (broad SMARTS) is 1. The van der Waals surface area contributed by atoms with Gasteiger partial charge in [0.05, 0.1) is 17.2 Å². The zero-order valence-corrected chi connectivity index (χ0v) is 15.8. The second-order valence-corrected chi connectivity index (χ2v) is 6.60. The molecule has 0 spiro atoms. The van der Waals surface area contributed by atoms with Crippen LogP contribution in [0, 0.1) is 13.8 Å². The van der Waals surface area contributed by atoms with Crippen molar-refractivity contribution < 1.29 is 14.7 Å². The van der Waals surface area contributed by atoms with Crippen LogP contribution in [0.15, 0.2) is 12.4 Å². The Morgan fingerprint density at radius 3 is 2.72 bits per heavy atom. The van der Waals surface area contributed by atoms with Crippen molar-refractivity contribution in [3.8, 4) is 0 Å². The van der Waals surface area contributed by atoms with Gasteiger partial charge >= 0.3 is 6.03 Å². The summed E-state index contributed by atoms with van der Waals surface area (Å²) >= 11 is 1.65. The van der Waals surface area contributed by atoms with Crippen molar-refractivity contribution in [3.05, 3.63) is 33.8 Å². The number of nitrogens with zero attached hydrogens (tertiary/aromatic N) is 4. The highest BCUT2D eigenvalue weighted by atomic mass is 32.1. The second kappa shape index (κ2) is 10.4. The smallest absolute Gasteiger partial charge is 0.317 e. The number of carbonyl (C=O) groups excluding carboxylic acids is 1. The first-order valence-electron chi connectivity index (χ1n) is 7.92. The molecule has 2 amide bonds. The van der Waals surface area contributed by atoms with Crippen molar-refractivity contribution in [1.82, 2.24) is 24.8 Å². The van der Waals surface area contributed by atoms with Gasteiger partial charge in [-0.15, -0.1) is 11.3 Å². The molecule has 2 aromatic heterocycles. The lowest BCUT2D eigenvalue weighted by Gasteiger charge is -2.18. The Morgan fingerprint density at radius 2 is 2.16 bits per heavy atom. The van der Waals surface area contributed by atoms with Crippen LogP contribution >= 0.6 is 11.3 Å². The molecule has 2 heterocycles. The average Bonchev–Trinajstić information content (AvgIpc) is 3.15. The Morgan fingerprint density at radius 1 is 1.48 bits per heavy atom. The lowest BCUT2D eigenvalue weighted by atomic mass is 10.3. The predicted octanol–water partition coefficient (Wildman–Crippen LogP) is 2.06. The van der Waals surface area contributed by atoms with Crippen molar-refractivity contribution in [2.75, 3.05) is 13.6 Å². The first-order chi connectivity index (χ1) is 11.9. The van der Waals surface area contributed by atoms with E-state index in [1.165, 1.54) is 0 Å². The summed E-state index contributed by atoms with van der Waals surface area (Å²) in [4.78, 5) is 32.0. The summed E-state index contributed by atoms with van der Waals surface area (Å²) < 4.78 is 2.03. The fourth-order valence-corrected chi connectivity index (χ4v) is 3.18. The normalized spacial score (nSPS) is 9.92. The number of hydrogen-bond acceptors (Lipinski definition) is 5. The third-order valence-electron chi connectivity index (χ3n) is 3.57. The summed E-state index contributed by atoms with van der Waals surface area (Å²) in [5, 5.41) is 10.9. The number of hydrogen-bond donors (Lipinski definition) is 2. The monoisotopic (exact) mass is 367 g/mol. The standard InChI is InChI=1S/C15H23N5OS.CH2O2/c1-5-13-14(22-12(3)18-13)10-17-15(21)19(4)8-9-20-7-6-16-11(20)2;2-1-3/h6-7H,5,8-10H2,1-4H3,(H,17,21);1H,(H,2,3). The molecule has 0 atom stereocenters. The number of aryl methyl sites for hydroxylation is 3. The van der Waals surface area contributed by atoms with Gasteiger partial charge in [0, 0.05) is 37.4 Å². The number of imidazole rings is 1. The molecule has 0 fully saturated rings. The van der Waals surface area contributed by atoms with Gasteiger partial charge in [-0.3, -0.25) is 4.79 Å². The molecule has 2 rings (SSSR count). The Kier molecular flexibility index (Phi) is 8.62. The zero-order chi connectivity index (χ0) is 18.8. The molecule has 0 saturated heterocycles. The van der Waals surface area contributed by atoms with Crippen molar-refractivity contribution in [3.63, 3.8) is 0 Å². The maximum atomic E-state index is 12.1. The Hall–Kier alpha value is -2.42. The molecule has 0 bridgehead atoms. The second-order valence-electron chi connectivity index (χ2n) is 5.31. The van der Waals surface area contributed by atoms with E-state index >= 15 is 0 Å². The number of likely N-dealkylation sites (N-methyl/N-ethyl adjacent to an activating group) is 1. The van der Waals surface area contributed by atoms with Crippen LogP contribution in [0.5, 0.6) is 0 Å². The van der Waals surface area contributed by atoms with Crippen LogP contribution in [0.1, 0.15) is 28.3 Å². The molecule has 0 aliphatic carbocycles. The van der Waals surface area contributed by atoms with E-state index in [0.717, 1.165) is 34.4 Å². The lowest BCUT2D eigenvalue weighted by Crippen LogP contribution is -2.38. The summed E-state index contributed by atoms with van der Waals surface area (Å²) in [5.41, 5.74) is 1.08. The molecule has 0 unspecified atom stereocenters. The highest BCUT2D eigenvalue weighted by Crippen LogP contribution is 2.18. The molecule has 138 valence electrons. The number of amides is 2. The van der Waals surface area contributed by atoms with E-state index in [0.29, 0.717) is 13.1 Å². The topological polar surface area (TPSA) is 100 Å². The minimum atomic E-state index is -0.250. The summed E-state index contributed by atoms with van der Waals surface area (Å²) in [5.74, 6) is 0.960. The van der Waals surface area contributed by atoms with Gasteiger partial charge in [0.2, 0.25) is 0 Å². The number of thiazole rings is 1. The molecule has 0 aliphatic rings. The van der Waals surface area contributed by atoms with E-state index < -0.39 is 0 Å². The first kappa shape index (κ1) is 20.6. The third-order valence-corrected chi connectivity index (χ3v) is 4.58. The van der Waals surface area contributed by atoms with Crippen LogP contribution < -0.4 is 5.32 Å². The van der Waals surface area contributed by atoms with Gasteiger partial charge in [0.25, 0.3) is 6.47 Å². The molecule has 9 heteroatoms. The van der Waals surface area contributed by atoms with Crippen LogP contribution in [-0.2, 0) is 24.3 Å². The first-order valence-corrected chi connectivity index (χ1v) is 8.74. The summed E-state index contributed by atoms with van der Waals surface area (Å²) in [7, 11) is 1.81. The summed E-state index contributed by atoms with van der Waals surface area (Å²) in [6, 6.07) is -0.0640. The van der Waals surface area contributed by atoms with Crippen LogP contribution in [0.4, 0.5) is 4.79 Å². The van der Waals surface area contributed by atoms with E-state index in [4.69, 9.17) is 9.90 Å². The van der Waals surface area contributed by atoms with Crippen LogP contribution in [0.25, 0.3) is 0 Å². The highest BCUT2D eigenvalue weighted by molar-refractivity contribution is 7.11. The van der Waals surface area contributed by atoms with Gasteiger partial charge < -0.3 is 19.9 Å². The number of aromatic nitrogens is 3. The third kappa shape index (κ3) is 6.54. The highest BCUT2D eigenvalue weighted by Gasteiger charge is 2.12. The fraction of sp³-hybridized carbons (Fsp3) is 0.500. The predicted molar refractivity (Wildman–Crippen MR) is 96.8 cm³/mol. The molecule has 8 nitrogen and oxygen atoms in total. The lowest BCUT2D eigenvalue weighted by molar-refractivity contribution is -0.122. The van der Waals surface area contributed by atoms with Gasteiger partial charge in [-0.05, 0) is 20.3 Å². The van der Waals surface area contributed by atoms with E-state index in [9.17, 15) is 4.79 Å². The minimum Gasteiger partial charge on any atom is -0.483 e. The van der Waals surface area contributed by atoms with Crippen LogP contribution in [0.3, 0.4) is 0 Å². The van der Waals surface area contributed by atoms with Crippen LogP contribution in [0.2, 0.25) is 0 Å². The molecular formula is C16H25N5O3S. The molecule has 0 radical (unpaired) electrons. The van der Waals surface area contributed by atoms with Crippen molar-refractivity contribution in [2.24, 2.45) is 0 Å². The molecule has 25 heavy (non-hydrogen) atoms. The molecule has 0 aromatic carbocycles. The van der Waals surface area contributed by atoms with E-state index in [-0.39, 0.29) is 12.5 Å². The summed E-state index contributed by atoms with van der Waals surface area (Å²) in [6.45, 7) is 7.72. The molecule has 0 saturated carbocycles. The van der Waals surface area contributed by atoms with Gasteiger partial charge in [-0.1, -0.05) is 6.92 Å². The Labute approximate surface area is 151 Å². The molecule has 0 aliphatic heterocycles. The number of carbonyl (C=O) groups is 2. The summed E-state index contributed by atoms with van der Waals surface area (Å²) in [6.07, 6.45) is 4.59. The van der Waals surface area contributed by atoms with Crippen molar-refractivity contribution >= 4 is 23.8 Å². The van der Waals surface area contributed by atoms with Crippen molar-refractivity contribution in [1.29, 1.82) is 0 Å². The molecule has 2 aromatic rings. The Balaban J connectivity index is 0.000000970. The number of urea groups is 1.